The molecule has 0 radical (unpaired) electrons. The Balaban J connectivity index is 2.17. The first-order valence-corrected chi connectivity index (χ1v) is 9.30. The summed E-state index contributed by atoms with van der Waals surface area (Å²) in [6.07, 6.45) is -0.100. The molecule has 1 amide bonds. The van der Waals surface area contributed by atoms with Crippen LogP contribution >= 0.6 is 0 Å². The highest BCUT2D eigenvalue weighted by Crippen LogP contribution is 2.22. The zero-order chi connectivity index (χ0) is 17.9. The number of hydrogen-bond acceptors (Lipinski definition) is 5. The molecule has 1 heterocycles. The molecule has 2 unspecified atom stereocenters. The number of carbonyl (C=O) groups excluding carboxylic acids is 1. The van der Waals surface area contributed by atoms with Gasteiger partial charge in [-0.1, -0.05) is 19.1 Å². The molecule has 2 atom stereocenters. The summed E-state index contributed by atoms with van der Waals surface area (Å²) < 4.78 is 29.0. The Morgan fingerprint density at radius 3 is 2.67 bits per heavy atom. The number of hydrogen-bond donors (Lipinski definition) is 1. The predicted molar refractivity (Wildman–Crippen MR) is 86.4 cm³/mol. The van der Waals surface area contributed by atoms with Gasteiger partial charge in [0.15, 0.2) is 9.84 Å². The van der Waals surface area contributed by atoms with Gasteiger partial charge >= 0.3 is 5.97 Å². The Labute approximate surface area is 141 Å². The van der Waals surface area contributed by atoms with Crippen molar-refractivity contribution in [1.82, 2.24) is 4.90 Å². The molecule has 24 heavy (non-hydrogen) atoms. The largest absolute Gasteiger partial charge is 0.480 e. The van der Waals surface area contributed by atoms with Crippen molar-refractivity contribution in [3.63, 3.8) is 0 Å². The van der Waals surface area contributed by atoms with Gasteiger partial charge in [-0.05, 0) is 17.7 Å². The van der Waals surface area contributed by atoms with E-state index in [9.17, 15) is 23.1 Å². The number of methoxy groups -OCH3 is 1. The third kappa shape index (κ3) is 3.93. The summed E-state index contributed by atoms with van der Waals surface area (Å²) in [5.41, 5.74) is 0.541. The van der Waals surface area contributed by atoms with E-state index in [2.05, 4.69) is 0 Å². The maximum absolute atomic E-state index is 12.5. The smallest absolute Gasteiger partial charge is 0.326 e. The minimum atomic E-state index is -3.35. The van der Waals surface area contributed by atoms with Crippen LogP contribution in [0.2, 0.25) is 0 Å². The number of sulfone groups is 1. The fourth-order valence-corrected chi connectivity index (χ4v) is 3.72. The van der Waals surface area contributed by atoms with E-state index in [0.29, 0.717) is 5.56 Å². The summed E-state index contributed by atoms with van der Waals surface area (Å²) >= 11 is 0. The number of carbonyl (C=O) groups is 2. The number of ether oxygens (including phenoxy) is 1. The molecular weight excluding hydrogens is 334 g/mol. The molecular formula is C16H21NO6S. The summed E-state index contributed by atoms with van der Waals surface area (Å²) in [6, 6.07) is 5.29. The van der Waals surface area contributed by atoms with Gasteiger partial charge < -0.3 is 14.7 Å². The topological polar surface area (TPSA) is 101 Å². The maximum atomic E-state index is 12.5. The number of rotatable bonds is 6. The van der Waals surface area contributed by atoms with Crippen LogP contribution in [0.5, 0.6) is 0 Å². The lowest BCUT2D eigenvalue weighted by Gasteiger charge is -2.21. The molecule has 1 aromatic carbocycles. The second-order valence-corrected chi connectivity index (χ2v) is 8.00. The summed E-state index contributed by atoms with van der Waals surface area (Å²) in [5.74, 6) is -1.44. The number of benzene rings is 1. The molecule has 1 aromatic rings. The average molecular weight is 355 g/mol. The SMILES string of the molecule is CCS(=O)(=O)c1cccc(CC(=O)N2CC(OC)CC2C(=O)O)c1. The molecule has 0 aromatic heterocycles. The van der Waals surface area contributed by atoms with Crippen molar-refractivity contribution in [2.24, 2.45) is 0 Å². The lowest BCUT2D eigenvalue weighted by atomic mass is 10.1. The molecule has 7 nitrogen and oxygen atoms in total. The van der Waals surface area contributed by atoms with Crippen LogP contribution in [0.3, 0.4) is 0 Å². The minimum absolute atomic E-state index is 0.0207. The molecule has 1 aliphatic rings. The van der Waals surface area contributed by atoms with Gasteiger partial charge in [-0.15, -0.1) is 0 Å². The van der Waals surface area contributed by atoms with E-state index >= 15 is 0 Å². The fraction of sp³-hybridized carbons (Fsp3) is 0.500. The van der Waals surface area contributed by atoms with Crippen molar-refractivity contribution >= 4 is 21.7 Å². The summed E-state index contributed by atoms with van der Waals surface area (Å²) in [5, 5.41) is 9.27. The average Bonchev–Trinajstić information content (AvgIpc) is 3.00. The van der Waals surface area contributed by atoms with Crippen LogP contribution in [0, 0.1) is 0 Å². The third-order valence-corrected chi connectivity index (χ3v) is 5.93. The molecule has 8 heteroatoms. The summed E-state index contributed by atoms with van der Waals surface area (Å²) in [6.45, 7) is 1.78. The lowest BCUT2D eigenvalue weighted by Crippen LogP contribution is -2.41. The van der Waals surface area contributed by atoms with E-state index in [4.69, 9.17) is 4.74 Å². The number of carboxylic acid groups (broad SMARTS) is 1. The van der Waals surface area contributed by atoms with E-state index in [1.807, 2.05) is 0 Å². The van der Waals surface area contributed by atoms with Crippen LogP contribution in [0.4, 0.5) is 0 Å². The monoisotopic (exact) mass is 355 g/mol. The van der Waals surface area contributed by atoms with Gasteiger partial charge in [0.1, 0.15) is 6.04 Å². The molecule has 0 saturated carbocycles. The van der Waals surface area contributed by atoms with Crippen molar-refractivity contribution in [2.45, 2.75) is 36.8 Å². The molecule has 1 saturated heterocycles. The first-order valence-electron chi connectivity index (χ1n) is 7.65. The molecule has 1 N–H and O–H groups in total. The second kappa shape index (κ2) is 7.31. The number of likely N-dealkylation sites (tertiary alicyclic amines) is 1. The zero-order valence-corrected chi connectivity index (χ0v) is 14.5. The van der Waals surface area contributed by atoms with Crippen LogP contribution in [0.1, 0.15) is 18.9 Å². The Morgan fingerprint density at radius 1 is 1.38 bits per heavy atom. The van der Waals surface area contributed by atoms with Crippen molar-refractivity contribution in [3.8, 4) is 0 Å². The van der Waals surface area contributed by atoms with Gasteiger partial charge in [-0.2, -0.15) is 0 Å². The lowest BCUT2D eigenvalue weighted by molar-refractivity contribution is -0.148. The van der Waals surface area contributed by atoms with Crippen LogP contribution in [0.15, 0.2) is 29.2 Å². The molecule has 132 valence electrons. The Bertz CT molecular complexity index is 730. The molecule has 0 spiro atoms. The van der Waals surface area contributed by atoms with Crippen molar-refractivity contribution < 1.29 is 27.9 Å². The Kier molecular flexibility index (Phi) is 5.61. The first-order chi connectivity index (χ1) is 11.3. The van der Waals surface area contributed by atoms with E-state index in [0.717, 1.165) is 0 Å². The molecule has 1 fully saturated rings. The predicted octanol–water partition coefficient (Wildman–Crippen LogP) is 0.723. The third-order valence-electron chi connectivity index (χ3n) is 4.19. The number of aliphatic carboxylic acids is 1. The van der Waals surface area contributed by atoms with Gasteiger partial charge in [0.25, 0.3) is 0 Å². The van der Waals surface area contributed by atoms with Crippen molar-refractivity contribution in [3.05, 3.63) is 29.8 Å². The second-order valence-electron chi connectivity index (χ2n) is 5.72. The van der Waals surface area contributed by atoms with Gasteiger partial charge in [0, 0.05) is 20.1 Å². The van der Waals surface area contributed by atoms with Crippen LogP contribution in [-0.2, 0) is 30.6 Å². The van der Waals surface area contributed by atoms with Crippen molar-refractivity contribution in [1.29, 1.82) is 0 Å². The van der Waals surface area contributed by atoms with Gasteiger partial charge in [0.05, 0.1) is 23.2 Å². The highest BCUT2D eigenvalue weighted by Gasteiger charge is 2.39. The molecule has 1 aliphatic heterocycles. The van der Waals surface area contributed by atoms with Crippen molar-refractivity contribution in [2.75, 3.05) is 19.4 Å². The van der Waals surface area contributed by atoms with Gasteiger partial charge in [-0.25, -0.2) is 13.2 Å². The normalized spacial score (nSPS) is 21.0. The van der Waals surface area contributed by atoms with E-state index in [-0.39, 0.29) is 42.0 Å². The van der Waals surface area contributed by atoms with E-state index < -0.39 is 21.8 Å². The van der Waals surface area contributed by atoms with Gasteiger partial charge in [-0.3, -0.25) is 4.79 Å². The summed E-state index contributed by atoms with van der Waals surface area (Å²) in [4.78, 5) is 25.3. The quantitative estimate of drug-likeness (QED) is 0.807. The molecule has 2 rings (SSSR count). The van der Waals surface area contributed by atoms with Gasteiger partial charge in [0.2, 0.25) is 5.91 Å². The Hall–Kier alpha value is -1.93. The van der Waals surface area contributed by atoms with Crippen LogP contribution in [0.25, 0.3) is 0 Å². The van der Waals surface area contributed by atoms with Crippen LogP contribution in [-0.4, -0.2) is 61.9 Å². The summed E-state index contributed by atoms with van der Waals surface area (Å²) in [7, 11) is -1.87. The number of carboxylic acids is 1. The minimum Gasteiger partial charge on any atom is -0.480 e. The standard InChI is InChI=1S/C16H21NO6S/c1-3-24(21,22)13-6-4-5-11(7-13)8-15(18)17-10-12(23-2)9-14(17)16(19)20/h4-7,12,14H,3,8-10H2,1-2H3,(H,19,20). The highest BCUT2D eigenvalue weighted by atomic mass is 32.2. The molecule has 0 aliphatic carbocycles. The van der Waals surface area contributed by atoms with E-state index in [1.165, 1.54) is 24.1 Å². The van der Waals surface area contributed by atoms with E-state index in [1.54, 1.807) is 19.1 Å². The van der Waals surface area contributed by atoms with Crippen LogP contribution < -0.4 is 0 Å². The Morgan fingerprint density at radius 2 is 2.08 bits per heavy atom. The zero-order valence-electron chi connectivity index (χ0n) is 13.6. The fourth-order valence-electron chi connectivity index (χ4n) is 2.77. The highest BCUT2D eigenvalue weighted by molar-refractivity contribution is 7.91. The molecule has 0 bridgehead atoms. The maximum Gasteiger partial charge on any atom is 0.326 e. The number of nitrogens with zero attached hydrogens (tertiary/aromatic N) is 1. The number of amides is 1. The first kappa shape index (κ1) is 18.4.